The summed E-state index contributed by atoms with van der Waals surface area (Å²) in [6.07, 6.45) is 0. The van der Waals surface area contributed by atoms with Crippen molar-refractivity contribution in [1.29, 1.82) is 0 Å². The number of rotatable bonds is 6. The Bertz CT molecular complexity index is 1460. The van der Waals surface area contributed by atoms with Crippen LogP contribution in [0.4, 0.5) is 0 Å². The van der Waals surface area contributed by atoms with E-state index in [0.29, 0.717) is 20.9 Å². The molecule has 0 aliphatic heterocycles. The van der Waals surface area contributed by atoms with Crippen LogP contribution in [0.25, 0.3) is 38.9 Å². The summed E-state index contributed by atoms with van der Waals surface area (Å²) in [5.41, 5.74) is 4.90. The largest absolute Gasteiger partial charge is 0.497 e. The normalized spacial score (nSPS) is 10.9. The highest BCUT2D eigenvalue weighted by Crippen LogP contribution is 2.40. The molecule has 0 bridgehead atoms. The average molecular weight is 508 g/mol. The smallest absolute Gasteiger partial charge is 0.211 e. The lowest BCUT2D eigenvalue weighted by molar-refractivity contribution is 0.415. The van der Waals surface area contributed by atoms with E-state index in [1.807, 2.05) is 78.2 Å². The van der Waals surface area contributed by atoms with Crippen molar-refractivity contribution >= 4 is 34.5 Å². The van der Waals surface area contributed by atoms with Crippen molar-refractivity contribution in [2.75, 3.05) is 14.2 Å². The van der Waals surface area contributed by atoms with Crippen molar-refractivity contribution in [3.63, 3.8) is 0 Å². The number of nitrogens with zero attached hydrogens (tertiary/aromatic N) is 3. The van der Waals surface area contributed by atoms with Crippen molar-refractivity contribution in [3.8, 4) is 50.4 Å². The second-order valence-electron chi connectivity index (χ2n) is 7.41. The van der Waals surface area contributed by atoms with E-state index in [0.717, 1.165) is 39.6 Å². The van der Waals surface area contributed by atoms with Crippen molar-refractivity contribution in [2.24, 2.45) is 0 Å². The van der Waals surface area contributed by atoms with Crippen LogP contribution in [0.1, 0.15) is 0 Å². The summed E-state index contributed by atoms with van der Waals surface area (Å²) in [5.74, 6) is 1.45. The fraction of sp³-hybridized carbons (Fsp3) is 0.0769. The molecule has 0 unspecified atom stereocenters. The van der Waals surface area contributed by atoms with E-state index in [2.05, 4.69) is 0 Å². The molecule has 0 saturated carbocycles. The molecule has 0 radical (unpaired) electrons. The Kier molecular flexibility index (Phi) is 6.28. The van der Waals surface area contributed by atoms with E-state index in [1.54, 1.807) is 18.9 Å². The van der Waals surface area contributed by atoms with Crippen molar-refractivity contribution in [2.45, 2.75) is 0 Å². The first kappa shape index (κ1) is 22.5. The highest BCUT2D eigenvalue weighted by Gasteiger charge is 2.23. The fourth-order valence-electron chi connectivity index (χ4n) is 3.63. The molecule has 0 saturated heterocycles. The summed E-state index contributed by atoms with van der Waals surface area (Å²) in [5, 5.41) is 8.78. The zero-order chi connectivity index (χ0) is 23.7. The van der Waals surface area contributed by atoms with Gasteiger partial charge in [-0.15, -0.1) is 11.3 Å². The number of benzene rings is 3. The lowest BCUT2D eigenvalue weighted by atomic mass is 10.1. The van der Waals surface area contributed by atoms with Crippen LogP contribution in [0, 0.1) is 0 Å². The van der Waals surface area contributed by atoms with Crippen LogP contribution >= 0.6 is 34.5 Å². The van der Waals surface area contributed by atoms with Crippen molar-refractivity contribution in [3.05, 3.63) is 88.2 Å². The molecule has 3 aromatic carbocycles. The number of methoxy groups -OCH3 is 2. The van der Waals surface area contributed by atoms with Gasteiger partial charge in [0.2, 0.25) is 5.13 Å². The summed E-state index contributed by atoms with van der Waals surface area (Å²) < 4.78 is 12.6. The van der Waals surface area contributed by atoms with E-state index in [4.69, 9.17) is 42.8 Å². The summed E-state index contributed by atoms with van der Waals surface area (Å²) in [6.45, 7) is 0. The number of halogens is 2. The molecular weight excluding hydrogens is 489 g/mol. The van der Waals surface area contributed by atoms with Crippen LogP contribution in [-0.4, -0.2) is 29.0 Å². The maximum absolute atomic E-state index is 6.98. The molecule has 5 aromatic rings. The van der Waals surface area contributed by atoms with Gasteiger partial charge < -0.3 is 9.47 Å². The number of thiazole rings is 1. The van der Waals surface area contributed by atoms with Gasteiger partial charge >= 0.3 is 0 Å². The Balaban J connectivity index is 1.68. The molecule has 0 atom stereocenters. The predicted octanol–water partition coefficient (Wildman–Crippen LogP) is 7.65. The van der Waals surface area contributed by atoms with E-state index in [-0.39, 0.29) is 0 Å². The molecule has 0 fully saturated rings. The van der Waals surface area contributed by atoms with Gasteiger partial charge in [-0.2, -0.15) is 5.10 Å². The lowest BCUT2D eigenvalue weighted by Crippen LogP contribution is -1.99. The summed E-state index contributed by atoms with van der Waals surface area (Å²) in [4.78, 5) is 4.85. The van der Waals surface area contributed by atoms with E-state index in [1.165, 1.54) is 11.3 Å². The van der Waals surface area contributed by atoms with Gasteiger partial charge in [0.25, 0.3) is 0 Å². The first-order valence-corrected chi connectivity index (χ1v) is 12.0. The Hall–Kier alpha value is -3.32. The molecular formula is C26H19Cl2N3O2S. The van der Waals surface area contributed by atoms with Crippen LogP contribution in [0.3, 0.4) is 0 Å². The quantitative estimate of drug-likeness (QED) is 0.236. The first-order valence-electron chi connectivity index (χ1n) is 10.4. The Morgan fingerprint density at radius 1 is 0.794 bits per heavy atom. The van der Waals surface area contributed by atoms with Crippen LogP contribution in [0.15, 0.2) is 78.2 Å². The monoisotopic (exact) mass is 507 g/mol. The molecule has 34 heavy (non-hydrogen) atoms. The molecule has 2 aromatic heterocycles. The average Bonchev–Trinajstić information content (AvgIpc) is 3.49. The van der Waals surface area contributed by atoms with Gasteiger partial charge in [-0.1, -0.05) is 59.6 Å². The number of hydrogen-bond acceptors (Lipinski definition) is 5. The van der Waals surface area contributed by atoms with Gasteiger partial charge in [-0.05, 0) is 36.4 Å². The third-order valence-corrected chi connectivity index (χ3v) is 6.75. The second kappa shape index (κ2) is 9.50. The molecule has 5 nitrogen and oxygen atoms in total. The Labute approximate surface area is 211 Å². The van der Waals surface area contributed by atoms with Gasteiger partial charge in [-0.25, -0.2) is 9.67 Å². The maximum atomic E-state index is 6.98. The van der Waals surface area contributed by atoms with Gasteiger partial charge in [-0.3, -0.25) is 0 Å². The number of hydrogen-bond donors (Lipinski definition) is 0. The Morgan fingerprint density at radius 3 is 2.12 bits per heavy atom. The van der Waals surface area contributed by atoms with Crippen LogP contribution in [0.2, 0.25) is 10.0 Å². The molecule has 170 valence electrons. The molecule has 8 heteroatoms. The first-order chi connectivity index (χ1) is 16.6. The molecule has 0 N–H and O–H groups in total. The highest BCUT2D eigenvalue weighted by molar-refractivity contribution is 7.12. The van der Waals surface area contributed by atoms with Gasteiger partial charge in [0.15, 0.2) is 0 Å². The lowest BCUT2D eigenvalue weighted by Gasteiger charge is -2.07. The minimum Gasteiger partial charge on any atom is -0.497 e. The SMILES string of the molecule is COc1cccc(-c2nn(-c3nc(-c4ccc(Cl)cc4)cs3)c(-c3cccc(OC)c3)c2Cl)c1. The third-order valence-electron chi connectivity index (χ3n) is 5.33. The van der Waals surface area contributed by atoms with E-state index in [9.17, 15) is 0 Å². The maximum Gasteiger partial charge on any atom is 0.211 e. The van der Waals surface area contributed by atoms with Gasteiger partial charge in [0, 0.05) is 27.1 Å². The highest BCUT2D eigenvalue weighted by atomic mass is 35.5. The van der Waals surface area contributed by atoms with Gasteiger partial charge in [0.1, 0.15) is 17.2 Å². The zero-order valence-corrected chi connectivity index (χ0v) is 20.7. The van der Waals surface area contributed by atoms with Crippen LogP contribution < -0.4 is 9.47 Å². The summed E-state index contributed by atoms with van der Waals surface area (Å²) in [6, 6.07) is 23.0. The molecule has 0 aliphatic carbocycles. The number of ether oxygens (including phenoxy) is 2. The zero-order valence-electron chi connectivity index (χ0n) is 18.3. The molecule has 0 amide bonds. The molecule has 5 rings (SSSR count). The van der Waals surface area contributed by atoms with Crippen molar-refractivity contribution in [1.82, 2.24) is 14.8 Å². The van der Waals surface area contributed by atoms with E-state index >= 15 is 0 Å². The van der Waals surface area contributed by atoms with Crippen LogP contribution in [0.5, 0.6) is 11.5 Å². The molecule has 2 heterocycles. The van der Waals surface area contributed by atoms with Gasteiger partial charge in [0.05, 0.1) is 30.6 Å². The fourth-order valence-corrected chi connectivity index (χ4v) is 4.88. The minimum absolute atomic E-state index is 0.518. The summed E-state index contributed by atoms with van der Waals surface area (Å²) in [7, 11) is 3.27. The minimum atomic E-state index is 0.518. The standard InChI is InChI=1S/C26H19Cl2N3O2S/c1-32-20-7-3-5-17(13-20)24-23(28)25(18-6-4-8-21(14-18)33-2)31(30-24)26-29-22(15-34-26)16-9-11-19(27)12-10-16/h3-15H,1-2H3. The van der Waals surface area contributed by atoms with Crippen molar-refractivity contribution < 1.29 is 9.47 Å². The van der Waals surface area contributed by atoms with Crippen LogP contribution in [-0.2, 0) is 0 Å². The molecule has 0 spiro atoms. The Morgan fingerprint density at radius 2 is 1.44 bits per heavy atom. The van der Waals surface area contributed by atoms with E-state index < -0.39 is 0 Å². The second-order valence-corrected chi connectivity index (χ2v) is 9.06. The predicted molar refractivity (Wildman–Crippen MR) is 139 cm³/mol. The topological polar surface area (TPSA) is 49.2 Å². The third kappa shape index (κ3) is 4.28. The summed E-state index contributed by atoms with van der Waals surface area (Å²) >= 11 is 14.5. The molecule has 0 aliphatic rings. The number of aromatic nitrogens is 3.